The summed E-state index contributed by atoms with van der Waals surface area (Å²) < 4.78 is 0. The molecule has 1 aromatic heterocycles. The molecule has 1 saturated carbocycles. The highest BCUT2D eigenvalue weighted by molar-refractivity contribution is 7.18. The van der Waals surface area contributed by atoms with E-state index in [-0.39, 0.29) is 30.2 Å². The number of nitrogens with one attached hydrogen (secondary N) is 1. The molecule has 1 N–H and O–H groups in total. The van der Waals surface area contributed by atoms with E-state index in [4.69, 9.17) is 0 Å². The maximum atomic E-state index is 13.7. The molecule has 1 aliphatic carbocycles. The van der Waals surface area contributed by atoms with Gasteiger partial charge in [-0.3, -0.25) is 9.59 Å². The van der Waals surface area contributed by atoms with E-state index in [1.165, 1.54) is 23.3 Å². The number of hydrogen-bond acceptors (Lipinski definition) is 5. The third kappa shape index (κ3) is 6.54. The molecule has 0 bridgehead atoms. The van der Waals surface area contributed by atoms with E-state index >= 15 is 0 Å². The van der Waals surface area contributed by atoms with Crippen LogP contribution in [-0.4, -0.2) is 39.5 Å². The SMILES string of the molecule is CCC(C(=O)N(CCC(=O)Nc1nnc(-c2ccc(C)cc2)s1)C1CCCCC1)c1ccccc1. The number of hydrogen-bond donors (Lipinski definition) is 1. The van der Waals surface area contributed by atoms with Crippen LogP contribution in [0.4, 0.5) is 5.13 Å². The van der Waals surface area contributed by atoms with Gasteiger partial charge < -0.3 is 10.2 Å². The zero-order chi connectivity index (χ0) is 24.6. The van der Waals surface area contributed by atoms with E-state index in [2.05, 4.69) is 22.4 Å². The van der Waals surface area contributed by atoms with E-state index in [0.717, 1.165) is 48.2 Å². The Kier molecular flexibility index (Phi) is 8.64. The molecule has 6 nitrogen and oxygen atoms in total. The number of carbonyl (C=O) groups excluding carboxylic acids is 2. The average Bonchev–Trinajstić information content (AvgIpc) is 3.34. The van der Waals surface area contributed by atoms with E-state index in [1.807, 2.05) is 66.4 Å². The number of benzene rings is 2. The number of aromatic nitrogens is 2. The lowest BCUT2D eigenvalue weighted by Gasteiger charge is -2.36. The zero-order valence-electron chi connectivity index (χ0n) is 20.6. The van der Waals surface area contributed by atoms with Gasteiger partial charge in [0.1, 0.15) is 5.01 Å². The highest BCUT2D eigenvalue weighted by Gasteiger charge is 2.31. The van der Waals surface area contributed by atoms with Gasteiger partial charge in [0.25, 0.3) is 0 Å². The van der Waals surface area contributed by atoms with E-state index in [9.17, 15) is 9.59 Å². The van der Waals surface area contributed by atoms with Crippen LogP contribution in [0.25, 0.3) is 10.6 Å². The number of anilines is 1. The molecular formula is C28H34N4O2S. The molecule has 1 heterocycles. The monoisotopic (exact) mass is 490 g/mol. The second-order valence-corrected chi connectivity index (χ2v) is 10.2. The van der Waals surface area contributed by atoms with Crippen LogP contribution in [0.5, 0.6) is 0 Å². The standard InChI is InChI=1S/C28H34N4O2S/c1-3-24(21-10-6-4-7-11-21)27(34)32(23-12-8-5-9-13-23)19-18-25(33)29-28-31-30-26(35-28)22-16-14-20(2)15-17-22/h4,6-7,10-11,14-17,23-24H,3,5,8-9,12-13,18-19H2,1-2H3,(H,29,31,33). The van der Waals surface area contributed by atoms with Gasteiger partial charge >= 0.3 is 0 Å². The lowest BCUT2D eigenvalue weighted by atomic mass is 9.90. The molecule has 4 rings (SSSR count). The normalized spacial score (nSPS) is 14.9. The number of rotatable bonds is 9. The molecule has 2 amide bonds. The lowest BCUT2D eigenvalue weighted by Crippen LogP contribution is -2.45. The van der Waals surface area contributed by atoms with Gasteiger partial charge in [-0.05, 0) is 31.7 Å². The lowest BCUT2D eigenvalue weighted by molar-refractivity contribution is -0.136. The summed E-state index contributed by atoms with van der Waals surface area (Å²) in [6.45, 7) is 4.52. The molecule has 1 fully saturated rings. The minimum atomic E-state index is -0.179. The van der Waals surface area contributed by atoms with Crippen molar-refractivity contribution in [2.45, 2.75) is 70.8 Å². The Labute approximate surface area is 211 Å². The number of nitrogens with zero attached hydrogens (tertiary/aromatic N) is 3. The van der Waals surface area contributed by atoms with Gasteiger partial charge in [-0.15, -0.1) is 10.2 Å². The van der Waals surface area contributed by atoms with Crippen LogP contribution >= 0.6 is 11.3 Å². The van der Waals surface area contributed by atoms with Crippen LogP contribution in [-0.2, 0) is 9.59 Å². The number of aryl methyl sites for hydroxylation is 1. The van der Waals surface area contributed by atoms with Crippen molar-refractivity contribution >= 4 is 28.3 Å². The Hall–Kier alpha value is -3.06. The summed E-state index contributed by atoms with van der Waals surface area (Å²) >= 11 is 1.36. The van der Waals surface area contributed by atoms with E-state index in [1.54, 1.807) is 0 Å². The van der Waals surface area contributed by atoms with Crippen molar-refractivity contribution in [2.75, 3.05) is 11.9 Å². The van der Waals surface area contributed by atoms with Gasteiger partial charge in [0.05, 0.1) is 5.92 Å². The molecule has 1 atom stereocenters. The first kappa shape index (κ1) is 25.0. The quantitative estimate of drug-likeness (QED) is 0.388. The van der Waals surface area contributed by atoms with Crippen LogP contribution in [0.3, 0.4) is 0 Å². The van der Waals surface area contributed by atoms with Gasteiger partial charge in [-0.1, -0.05) is 97.7 Å². The first-order valence-electron chi connectivity index (χ1n) is 12.6. The fourth-order valence-electron chi connectivity index (χ4n) is 4.79. The molecule has 0 radical (unpaired) electrons. The van der Waals surface area contributed by atoms with Gasteiger partial charge in [-0.2, -0.15) is 0 Å². The smallest absolute Gasteiger partial charge is 0.230 e. The third-order valence-electron chi connectivity index (χ3n) is 6.76. The zero-order valence-corrected chi connectivity index (χ0v) is 21.4. The van der Waals surface area contributed by atoms with Crippen LogP contribution in [0.15, 0.2) is 54.6 Å². The Bertz CT molecular complexity index is 1110. The van der Waals surface area contributed by atoms with Crippen molar-refractivity contribution in [3.8, 4) is 10.6 Å². The van der Waals surface area contributed by atoms with Crippen LogP contribution in [0.1, 0.15) is 68.9 Å². The fourth-order valence-corrected chi connectivity index (χ4v) is 5.56. The minimum Gasteiger partial charge on any atom is -0.339 e. The van der Waals surface area contributed by atoms with Crippen molar-refractivity contribution in [3.05, 3.63) is 65.7 Å². The Balaban J connectivity index is 1.41. The first-order chi connectivity index (χ1) is 17.0. The van der Waals surface area contributed by atoms with Crippen molar-refractivity contribution < 1.29 is 9.59 Å². The summed E-state index contributed by atoms with van der Waals surface area (Å²) in [5, 5.41) is 12.5. The van der Waals surface area contributed by atoms with E-state index in [0.29, 0.717) is 11.7 Å². The molecule has 0 aliphatic heterocycles. The maximum absolute atomic E-state index is 13.7. The molecule has 184 valence electrons. The largest absolute Gasteiger partial charge is 0.339 e. The first-order valence-corrected chi connectivity index (χ1v) is 13.4. The summed E-state index contributed by atoms with van der Waals surface area (Å²) in [5.74, 6) is -0.185. The highest BCUT2D eigenvalue weighted by Crippen LogP contribution is 2.29. The molecular weight excluding hydrogens is 456 g/mol. The summed E-state index contributed by atoms with van der Waals surface area (Å²) in [4.78, 5) is 28.5. The molecule has 1 unspecified atom stereocenters. The van der Waals surface area contributed by atoms with Crippen LogP contribution in [0.2, 0.25) is 0 Å². The Morgan fingerprint density at radius 2 is 1.74 bits per heavy atom. The maximum Gasteiger partial charge on any atom is 0.230 e. The van der Waals surface area contributed by atoms with Crippen molar-refractivity contribution in [2.24, 2.45) is 0 Å². The van der Waals surface area contributed by atoms with Crippen molar-refractivity contribution in [1.29, 1.82) is 0 Å². The topological polar surface area (TPSA) is 75.2 Å². The highest BCUT2D eigenvalue weighted by atomic mass is 32.1. The van der Waals surface area contributed by atoms with Crippen molar-refractivity contribution in [3.63, 3.8) is 0 Å². The predicted octanol–water partition coefficient (Wildman–Crippen LogP) is 6.20. The third-order valence-corrected chi connectivity index (χ3v) is 7.64. The Morgan fingerprint density at radius 1 is 1.03 bits per heavy atom. The molecule has 1 aliphatic rings. The average molecular weight is 491 g/mol. The summed E-state index contributed by atoms with van der Waals surface area (Å²) in [5.41, 5.74) is 3.21. The predicted molar refractivity (Wildman–Crippen MR) is 141 cm³/mol. The van der Waals surface area contributed by atoms with Gasteiger partial charge in [0, 0.05) is 24.6 Å². The minimum absolute atomic E-state index is 0.135. The molecule has 0 saturated heterocycles. The Morgan fingerprint density at radius 3 is 2.43 bits per heavy atom. The van der Waals surface area contributed by atoms with Gasteiger partial charge in [0.2, 0.25) is 16.9 Å². The van der Waals surface area contributed by atoms with Gasteiger partial charge in [0.15, 0.2) is 0 Å². The summed E-state index contributed by atoms with van der Waals surface area (Å²) in [6, 6.07) is 18.3. The molecule has 2 aromatic carbocycles. The summed E-state index contributed by atoms with van der Waals surface area (Å²) in [6.07, 6.45) is 6.49. The van der Waals surface area contributed by atoms with Crippen LogP contribution < -0.4 is 5.32 Å². The van der Waals surface area contributed by atoms with Crippen molar-refractivity contribution in [1.82, 2.24) is 15.1 Å². The summed E-state index contributed by atoms with van der Waals surface area (Å²) in [7, 11) is 0. The molecule has 0 spiro atoms. The number of amides is 2. The second-order valence-electron chi connectivity index (χ2n) is 9.27. The molecule has 35 heavy (non-hydrogen) atoms. The molecule has 7 heteroatoms. The second kappa shape index (κ2) is 12.1. The van der Waals surface area contributed by atoms with E-state index < -0.39 is 0 Å². The fraction of sp³-hybridized carbons (Fsp3) is 0.429. The number of carbonyl (C=O) groups is 2. The van der Waals surface area contributed by atoms with Crippen LogP contribution in [0, 0.1) is 6.92 Å². The van der Waals surface area contributed by atoms with Gasteiger partial charge in [-0.25, -0.2) is 0 Å². The molecule has 3 aromatic rings.